The van der Waals surface area contributed by atoms with E-state index < -0.39 is 11.9 Å². The molecule has 1 aromatic rings. The van der Waals surface area contributed by atoms with E-state index in [1.54, 1.807) is 0 Å². The number of hydrogen-bond acceptors (Lipinski definition) is 4. The number of ether oxygens (including phenoxy) is 1. The minimum absolute atomic E-state index is 0.0310. The van der Waals surface area contributed by atoms with Crippen molar-refractivity contribution in [3.05, 3.63) is 17.0 Å². The van der Waals surface area contributed by atoms with E-state index in [1.165, 1.54) is 0 Å². The van der Waals surface area contributed by atoms with Gasteiger partial charge in [0.15, 0.2) is 5.76 Å². The van der Waals surface area contributed by atoms with Crippen LogP contribution in [0.5, 0.6) is 0 Å². The van der Waals surface area contributed by atoms with Gasteiger partial charge in [0.05, 0.1) is 18.9 Å². The van der Waals surface area contributed by atoms with Gasteiger partial charge >= 0.3 is 5.97 Å². The van der Waals surface area contributed by atoms with Crippen LogP contribution in [0.2, 0.25) is 0 Å². The van der Waals surface area contributed by atoms with Crippen LogP contribution in [0.4, 0.5) is 0 Å². The first-order chi connectivity index (χ1) is 7.61. The topological polar surface area (TPSA) is 72.6 Å². The van der Waals surface area contributed by atoms with Crippen LogP contribution in [0.3, 0.4) is 0 Å². The number of nitrogens with zero attached hydrogens (tertiary/aromatic N) is 1. The fourth-order valence-electron chi connectivity index (χ4n) is 2.00. The molecule has 1 aliphatic rings. The summed E-state index contributed by atoms with van der Waals surface area (Å²) in [6.07, 6.45) is 0.698. The Labute approximate surface area is 93.4 Å². The normalized spacial score (nSPS) is 17.2. The number of carboxylic acid groups (broad SMARTS) is 1. The first-order valence-electron chi connectivity index (χ1n) is 5.39. The van der Waals surface area contributed by atoms with Crippen LogP contribution in [0, 0.1) is 5.92 Å². The average Bonchev–Trinajstić information content (AvgIpc) is 2.61. The Balaban J connectivity index is 2.38. The number of rotatable bonds is 3. The van der Waals surface area contributed by atoms with Crippen LogP contribution >= 0.6 is 0 Å². The quantitative estimate of drug-likeness (QED) is 0.845. The van der Waals surface area contributed by atoms with Crippen LogP contribution in [-0.4, -0.2) is 22.8 Å². The molecule has 0 radical (unpaired) electrons. The lowest BCUT2D eigenvalue weighted by Crippen LogP contribution is -2.19. The highest BCUT2D eigenvalue weighted by Crippen LogP contribution is 2.31. The highest BCUT2D eigenvalue weighted by atomic mass is 16.5. The molecule has 1 N–H and O–H groups in total. The van der Waals surface area contributed by atoms with Crippen molar-refractivity contribution >= 4 is 5.97 Å². The van der Waals surface area contributed by atoms with Crippen molar-refractivity contribution in [3.8, 4) is 0 Å². The molecule has 0 saturated heterocycles. The molecular weight excluding hydrogens is 210 g/mol. The third kappa shape index (κ3) is 1.82. The molecule has 88 valence electrons. The van der Waals surface area contributed by atoms with Crippen molar-refractivity contribution in [1.82, 2.24) is 5.16 Å². The summed E-state index contributed by atoms with van der Waals surface area (Å²) < 4.78 is 10.5. The Morgan fingerprint density at radius 3 is 2.88 bits per heavy atom. The van der Waals surface area contributed by atoms with Crippen molar-refractivity contribution in [2.24, 2.45) is 5.92 Å². The van der Waals surface area contributed by atoms with E-state index in [2.05, 4.69) is 5.16 Å². The highest BCUT2D eigenvalue weighted by molar-refractivity contribution is 5.76. The molecule has 1 aromatic heterocycles. The van der Waals surface area contributed by atoms with Gasteiger partial charge in [-0.2, -0.15) is 0 Å². The van der Waals surface area contributed by atoms with E-state index >= 15 is 0 Å². The molecule has 0 saturated carbocycles. The first kappa shape index (κ1) is 11.1. The molecule has 5 heteroatoms. The second-order valence-electron chi connectivity index (χ2n) is 4.33. The summed E-state index contributed by atoms with van der Waals surface area (Å²) in [5.41, 5.74) is 1.67. The maximum absolute atomic E-state index is 11.2. The Bertz CT molecular complexity index is 397. The fourth-order valence-corrected chi connectivity index (χ4v) is 2.00. The Hall–Kier alpha value is -1.36. The second kappa shape index (κ2) is 4.25. The highest BCUT2D eigenvalue weighted by Gasteiger charge is 2.32. The van der Waals surface area contributed by atoms with Gasteiger partial charge in [-0.15, -0.1) is 0 Å². The number of hydrogen-bond donors (Lipinski definition) is 1. The van der Waals surface area contributed by atoms with E-state index in [1.807, 2.05) is 13.8 Å². The SMILES string of the molecule is CC(C)C(C(=O)O)c1onc2c1COCC2. The van der Waals surface area contributed by atoms with Crippen LogP contribution in [-0.2, 0) is 22.6 Å². The molecule has 1 aliphatic heterocycles. The van der Waals surface area contributed by atoms with E-state index in [-0.39, 0.29) is 5.92 Å². The summed E-state index contributed by atoms with van der Waals surface area (Å²) in [6.45, 7) is 4.75. The van der Waals surface area contributed by atoms with Crippen molar-refractivity contribution in [1.29, 1.82) is 0 Å². The standard InChI is InChI=1S/C11H15NO4/c1-6(2)9(11(13)14)10-7-5-15-4-3-8(7)12-16-10/h6,9H,3-5H2,1-2H3,(H,13,14). The third-order valence-corrected chi connectivity index (χ3v) is 2.84. The average molecular weight is 225 g/mol. The molecule has 0 aliphatic carbocycles. The van der Waals surface area contributed by atoms with Gasteiger partial charge in [0.1, 0.15) is 5.92 Å². The lowest BCUT2D eigenvalue weighted by Gasteiger charge is -2.16. The van der Waals surface area contributed by atoms with Crippen LogP contribution in [0.25, 0.3) is 0 Å². The molecule has 0 aromatic carbocycles. The van der Waals surface area contributed by atoms with Crippen molar-refractivity contribution in [2.75, 3.05) is 6.61 Å². The minimum atomic E-state index is -0.875. The lowest BCUT2D eigenvalue weighted by atomic mass is 9.90. The number of carbonyl (C=O) groups is 1. The van der Waals surface area contributed by atoms with E-state index in [0.717, 1.165) is 11.3 Å². The summed E-state index contributed by atoms with van der Waals surface area (Å²) in [6, 6.07) is 0. The maximum Gasteiger partial charge on any atom is 0.314 e. The molecule has 5 nitrogen and oxygen atoms in total. The van der Waals surface area contributed by atoms with Crippen LogP contribution in [0.1, 0.15) is 36.8 Å². The van der Waals surface area contributed by atoms with Crippen molar-refractivity contribution < 1.29 is 19.2 Å². The smallest absolute Gasteiger partial charge is 0.314 e. The molecule has 2 rings (SSSR count). The largest absolute Gasteiger partial charge is 0.481 e. The van der Waals surface area contributed by atoms with Gasteiger partial charge in [0, 0.05) is 12.0 Å². The van der Waals surface area contributed by atoms with Crippen LogP contribution in [0.15, 0.2) is 4.52 Å². The molecule has 0 spiro atoms. The van der Waals surface area contributed by atoms with Crippen molar-refractivity contribution in [3.63, 3.8) is 0 Å². The Morgan fingerprint density at radius 2 is 2.25 bits per heavy atom. The first-order valence-corrected chi connectivity index (χ1v) is 5.39. The summed E-state index contributed by atoms with van der Waals surface area (Å²) in [7, 11) is 0. The van der Waals surface area contributed by atoms with Crippen molar-refractivity contribution in [2.45, 2.75) is 32.8 Å². The lowest BCUT2D eigenvalue weighted by molar-refractivity contribution is -0.140. The zero-order chi connectivity index (χ0) is 11.7. The summed E-state index contributed by atoms with van der Waals surface area (Å²) in [5.74, 6) is -1.09. The Morgan fingerprint density at radius 1 is 1.50 bits per heavy atom. The molecular formula is C11H15NO4. The summed E-state index contributed by atoms with van der Waals surface area (Å²) >= 11 is 0. The molecule has 0 fully saturated rings. The van der Waals surface area contributed by atoms with Gasteiger partial charge in [0.2, 0.25) is 0 Å². The number of aliphatic carboxylic acids is 1. The van der Waals surface area contributed by atoms with E-state index in [0.29, 0.717) is 25.4 Å². The van der Waals surface area contributed by atoms with Gasteiger partial charge in [-0.05, 0) is 5.92 Å². The van der Waals surface area contributed by atoms with Gasteiger partial charge in [-0.3, -0.25) is 4.79 Å². The third-order valence-electron chi connectivity index (χ3n) is 2.84. The van der Waals surface area contributed by atoms with E-state index in [9.17, 15) is 9.90 Å². The zero-order valence-electron chi connectivity index (χ0n) is 9.40. The van der Waals surface area contributed by atoms with Gasteiger partial charge in [0.25, 0.3) is 0 Å². The molecule has 1 unspecified atom stereocenters. The maximum atomic E-state index is 11.2. The monoisotopic (exact) mass is 225 g/mol. The molecule has 2 heterocycles. The van der Waals surface area contributed by atoms with Gasteiger partial charge in [-0.25, -0.2) is 0 Å². The number of carboxylic acids is 1. The molecule has 0 bridgehead atoms. The summed E-state index contributed by atoms with van der Waals surface area (Å²) in [4.78, 5) is 11.2. The predicted molar refractivity (Wildman–Crippen MR) is 55.1 cm³/mol. The number of aromatic nitrogens is 1. The van der Waals surface area contributed by atoms with Gasteiger partial charge < -0.3 is 14.4 Å². The van der Waals surface area contributed by atoms with Gasteiger partial charge in [-0.1, -0.05) is 19.0 Å². The molecule has 16 heavy (non-hydrogen) atoms. The second-order valence-corrected chi connectivity index (χ2v) is 4.33. The van der Waals surface area contributed by atoms with E-state index in [4.69, 9.17) is 9.26 Å². The minimum Gasteiger partial charge on any atom is -0.481 e. The summed E-state index contributed by atoms with van der Waals surface area (Å²) in [5, 5.41) is 13.1. The fraction of sp³-hybridized carbons (Fsp3) is 0.636. The predicted octanol–water partition coefficient (Wildman–Crippen LogP) is 1.57. The zero-order valence-corrected chi connectivity index (χ0v) is 9.40. The Kier molecular flexibility index (Phi) is 2.96. The van der Waals surface area contributed by atoms with Crippen LogP contribution < -0.4 is 0 Å². The molecule has 0 amide bonds. The number of fused-ring (bicyclic) bond motifs is 1. The molecule has 1 atom stereocenters.